The lowest BCUT2D eigenvalue weighted by Gasteiger charge is -2.44. The van der Waals surface area contributed by atoms with Gasteiger partial charge in [0.15, 0.2) is 42.6 Å². The SMILES string of the molecule is CC(C)(C)[Si](C)(C)OCC1OC(n2cnc3c(N=[N+]=[N-])ncnc32)C(O[Si](C)(C)C(C)(C)C)C1O[Si](C)(C)C(C)(C)C. The summed E-state index contributed by atoms with van der Waals surface area (Å²) >= 11 is 0. The molecule has 0 N–H and O–H groups in total. The van der Waals surface area contributed by atoms with Crippen LogP contribution in [0.25, 0.3) is 21.6 Å². The quantitative estimate of drug-likeness (QED) is 0.117. The van der Waals surface area contributed by atoms with Gasteiger partial charge < -0.3 is 18.0 Å². The Morgan fingerprint density at radius 3 is 1.86 bits per heavy atom. The Morgan fingerprint density at radius 2 is 1.36 bits per heavy atom. The van der Waals surface area contributed by atoms with Crippen LogP contribution in [0.4, 0.5) is 5.82 Å². The second kappa shape index (κ2) is 11.7. The predicted octanol–water partition coefficient (Wildman–Crippen LogP) is 8.47. The van der Waals surface area contributed by atoms with Gasteiger partial charge in [0.1, 0.15) is 30.2 Å². The molecule has 2 aromatic heterocycles. The van der Waals surface area contributed by atoms with E-state index in [4.69, 9.17) is 23.5 Å². The third-order valence-electron chi connectivity index (χ3n) is 9.93. The molecule has 42 heavy (non-hydrogen) atoms. The lowest BCUT2D eigenvalue weighted by Crippen LogP contribution is -2.54. The number of aromatic nitrogens is 4. The van der Waals surface area contributed by atoms with Crippen molar-refractivity contribution in [2.75, 3.05) is 6.61 Å². The highest BCUT2D eigenvalue weighted by Gasteiger charge is 2.55. The Morgan fingerprint density at radius 1 is 0.833 bits per heavy atom. The largest absolute Gasteiger partial charge is 0.414 e. The van der Waals surface area contributed by atoms with Crippen molar-refractivity contribution in [3.05, 3.63) is 23.1 Å². The van der Waals surface area contributed by atoms with Gasteiger partial charge in [0.25, 0.3) is 0 Å². The molecule has 1 saturated heterocycles. The second-order valence-corrected chi connectivity index (χ2v) is 30.4. The predicted molar refractivity (Wildman–Crippen MR) is 175 cm³/mol. The van der Waals surface area contributed by atoms with E-state index in [-0.39, 0.29) is 33.1 Å². The summed E-state index contributed by atoms with van der Waals surface area (Å²) in [6, 6.07) is 0. The lowest BCUT2D eigenvalue weighted by molar-refractivity contribution is -0.0470. The topological polar surface area (TPSA) is 129 Å². The summed E-state index contributed by atoms with van der Waals surface area (Å²) in [4.78, 5) is 16.1. The summed E-state index contributed by atoms with van der Waals surface area (Å²) < 4.78 is 30.0. The average Bonchev–Trinajstić information content (AvgIpc) is 3.37. The van der Waals surface area contributed by atoms with Gasteiger partial charge in [-0.3, -0.25) is 4.57 Å². The normalized spacial score (nSPS) is 22.9. The molecule has 0 radical (unpaired) electrons. The maximum absolute atomic E-state index is 9.07. The summed E-state index contributed by atoms with van der Waals surface area (Å²) in [5.41, 5.74) is 9.99. The van der Waals surface area contributed by atoms with Gasteiger partial charge in [0.2, 0.25) is 0 Å². The third-order valence-corrected chi connectivity index (χ3v) is 23.4. The van der Waals surface area contributed by atoms with E-state index in [0.29, 0.717) is 17.8 Å². The smallest absolute Gasteiger partial charge is 0.192 e. The van der Waals surface area contributed by atoms with Gasteiger partial charge in [-0.2, -0.15) is 0 Å². The minimum Gasteiger partial charge on any atom is -0.414 e. The van der Waals surface area contributed by atoms with Gasteiger partial charge in [-0.05, 0) is 65.0 Å². The van der Waals surface area contributed by atoms with Crippen LogP contribution in [0.3, 0.4) is 0 Å². The standard InChI is InChI=1S/C28H53N7O4Si3/c1-26(2,3)40(10,11)36-16-19-21(38-41(12,13)27(4,5)6)22(39-42(14,15)28(7,8)9)25(37-19)35-18-32-20-23(33-34-29)30-17-31-24(20)35/h17-19,21-22,25H,16H2,1-15H3. The van der Waals surface area contributed by atoms with Gasteiger partial charge in [0.05, 0.1) is 12.9 Å². The molecule has 0 aliphatic carbocycles. The first-order valence-corrected chi connectivity index (χ1v) is 23.5. The minimum absolute atomic E-state index is 0.0173. The van der Waals surface area contributed by atoms with Crippen LogP contribution in [0.5, 0.6) is 0 Å². The van der Waals surface area contributed by atoms with E-state index in [1.807, 2.05) is 4.57 Å². The first kappa shape index (κ1) is 34.8. The highest BCUT2D eigenvalue weighted by atomic mass is 28.4. The van der Waals surface area contributed by atoms with E-state index in [2.05, 4.69) is 127 Å². The summed E-state index contributed by atoms with van der Waals surface area (Å²) in [5, 5.41) is 3.72. The maximum atomic E-state index is 9.07. The molecule has 2 aromatic rings. The van der Waals surface area contributed by atoms with E-state index in [1.165, 1.54) is 6.33 Å². The first-order valence-electron chi connectivity index (χ1n) is 14.8. The zero-order valence-electron chi connectivity index (χ0n) is 28.4. The molecule has 1 aliphatic heterocycles. The van der Waals surface area contributed by atoms with Crippen molar-refractivity contribution in [2.45, 2.75) is 141 Å². The molecular weight excluding hydrogens is 583 g/mol. The van der Waals surface area contributed by atoms with Gasteiger partial charge in [-0.15, -0.1) is 0 Å². The lowest BCUT2D eigenvalue weighted by atomic mass is 10.1. The maximum Gasteiger partial charge on any atom is 0.192 e. The number of hydrogen-bond acceptors (Lipinski definition) is 8. The fourth-order valence-electron chi connectivity index (χ4n) is 4.02. The number of nitrogens with zero attached hydrogens (tertiary/aromatic N) is 7. The zero-order valence-corrected chi connectivity index (χ0v) is 31.4. The molecule has 1 aliphatic rings. The van der Waals surface area contributed by atoms with Crippen molar-refractivity contribution in [3.8, 4) is 0 Å². The van der Waals surface area contributed by atoms with Gasteiger partial charge >= 0.3 is 0 Å². The number of ether oxygens (including phenoxy) is 1. The van der Waals surface area contributed by atoms with Crippen molar-refractivity contribution in [3.63, 3.8) is 0 Å². The molecule has 4 atom stereocenters. The van der Waals surface area contributed by atoms with E-state index in [0.717, 1.165) is 0 Å². The molecule has 3 rings (SSSR count). The molecule has 0 amide bonds. The summed E-state index contributed by atoms with van der Waals surface area (Å²) in [7, 11) is -6.66. The average molecular weight is 636 g/mol. The van der Waals surface area contributed by atoms with Crippen molar-refractivity contribution in [1.29, 1.82) is 0 Å². The molecule has 1 fully saturated rings. The molecule has 0 bridgehead atoms. The fourth-order valence-corrected chi connectivity index (χ4v) is 7.63. The fraction of sp³-hybridized carbons (Fsp3) is 0.821. The first-order chi connectivity index (χ1) is 18.9. The molecule has 4 unspecified atom stereocenters. The molecule has 0 aromatic carbocycles. The molecule has 0 saturated carbocycles. The summed E-state index contributed by atoms with van der Waals surface area (Å²) in [5.74, 6) is 0.174. The molecule has 11 nitrogen and oxygen atoms in total. The number of hydrogen-bond donors (Lipinski definition) is 0. The Bertz CT molecular complexity index is 1310. The molecule has 3 heterocycles. The van der Waals surface area contributed by atoms with Crippen LogP contribution in [0.15, 0.2) is 17.8 Å². The van der Waals surface area contributed by atoms with Crippen molar-refractivity contribution < 1.29 is 18.0 Å². The summed E-state index contributed by atoms with van der Waals surface area (Å²) in [6.07, 6.45) is 1.28. The van der Waals surface area contributed by atoms with Crippen molar-refractivity contribution in [1.82, 2.24) is 19.5 Å². The molecular formula is C28H53N7O4Si3. The van der Waals surface area contributed by atoms with Crippen LogP contribution < -0.4 is 0 Å². The van der Waals surface area contributed by atoms with Crippen LogP contribution in [-0.2, 0) is 18.0 Å². The van der Waals surface area contributed by atoms with Gasteiger partial charge in [-0.1, -0.05) is 62.3 Å². The number of rotatable bonds is 9. The Balaban J connectivity index is 2.19. The van der Waals surface area contributed by atoms with Crippen LogP contribution in [0.2, 0.25) is 54.4 Å². The number of azide groups is 1. The van der Waals surface area contributed by atoms with Crippen LogP contribution in [-0.4, -0.2) is 69.4 Å². The molecule has 236 valence electrons. The third kappa shape index (κ3) is 7.01. The number of fused-ring (bicyclic) bond motifs is 1. The van der Waals surface area contributed by atoms with Gasteiger partial charge in [0, 0.05) is 4.91 Å². The monoisotopic (exact) mass is 635 g/mol. The second-order valence-electron chi connectivity index (χ2n) is 16.0. The Labute approximate surface area is 255 Å². The van der Waals surface area contributed by atoms with Crippen LogP contribution >= 0.6 is 0 Å². The highest BCUT2D eigenvalue weighted by Crippen LogP contribution is 2.47. The van der Waals surface area contributed by atoms with Crippen molar-refractivity contribution >= 4 is 41.9 Å². The molecule has 14 heteroatoms. The van der Waals surface area contributed by atoms with Crippen molar-refractivity contribution in [2.24, 2.45) is 5.11 Å². The zero-order chi connectivity index (χ0) is 32.1. The van der Waals surface area contributed by atoms with E-state index >= 15 is 0 Å². The van der Waals surface area contributed by atoms with E-state index in [9.17, 15) is 0 Å². The Kier molecular flexibility index (Phi) is 9.70. The Hall–Kier alpha value is -1.65. The van der Waals surface area contributed by atoms with E-state index < -0.39 is 37.3 Å². The van der Waals surface area contributed by atoms with Crippen LogP contribution in [0, 0.1) is 0 Å². The summed E-state index contributed by atoms with van der Waals surface area (Å²) in [6.45, 7) is 34.1. The minimum atomic E-state index is -2.31. The highest BCUT2D eigenvalue weighted by molar-refractivity contribution is 6.75. The number of imidazole rings is 1. The van der Waals surface area contributed by atoms with Crippen LogP contribution in [0.1, 0.15) is 68.5 Å². The van der Waals surface area contributed by atoms with E-state index in [1.54, 1.807) is 6.33 Å². The van der Waals surface area contributed by atoms with Gasteiger partial charge in [-0.25, -0.2) is 15.0 Å². The molecule has 0 spiro atoms.